The van der Waals surface area contributed by atoms with Crippen molar-refractivity contribution in [2.24, 2.45) is 0 Å². The van der Waals surface area contributed by atoms with E-state index in [1.807, 2.05) is 0 Å². The van der Waals surface area contributed by atoms with Crippen molar-refractivity contribution in [1.82, 2.24) is 0 Å². The van der Waals surface area contributed by atoms with E-state index in [1.54, 1.807) is 6.07 Å². The number of rotatable bonds is 4. The Balaban J connectivity index is 3.21. The monoisotopic (exact) mass is 271 g/mol. The normalized spacial score (nSPS) is 12.8. The highest BCUT2D eigenvalue weighted by Gasteiger charge is 2.33. The molecule has 0 saturated heterocycles. The van der Waals surface area contributed by atoms with Crippen LogP contribution in [0.5, 0.6) is 0 Å². The quantitative estimate of drug-likeness (QED) is 0.846. The maximum atomic E-state index is 12.8. The topological polar surface area (TPSA) is 50.1 Å². The molecule has 6 heteroatoms. The van der Waals surface area contributed by atoms with Gasteiger partial charge in [-0.05, 0) is 24.1 Å². The van der Waals surface area contributed by atoms with Crippen LogP contribution in [0.1, 0.15) is 22.6 Å². The van der Waals surface area contributed by atoms with Gasteiger partial charge in [-0.2, -0.15) is 18.4 Å². The van der Waals surface area contributed by atoms with Crippen molar-refractivity contribution in [3.63, 3.8) is 0 Å². The Bertz CT molecular complexity index is 518. The third kappa shape index (κ3) is 3.55. The van der Waals surface area contributed by atoms with Crippen LogP contribution < -0.4 is 0 Å². The SMILES string of the molecule is COCC(=O)C(C#N)c1ccc(C)c(C(F)(F)F)c1. The van der Waals surface area contributed by atoms with Gasteiger partial charge in [0.2, 0.25) is 0 Å². The molecule has 0 aliphatic carbocycles. The third-order valence-corrected chi connectivity index (χ3v) is 2.64. The van der Waals surface area contributed by atoms with Gasteiger partial charge in [-0.25, -0.2) is 0 Å². The molecule has 0 fully saturated rings. The number of methoxy groups -OCH3 is 1. The minimum absolute atomic E-state index is 0.0301. The summed E-state index contributed by atoms with van der Waals surface area (Å²) in [6.07, 6.45) is -4.51. The summed E-state index contributed by atoms with van der Waals surface area (Å²) < 4.78 is 42.9. The summed E-state index contributed by atoms with van der Waals surface area (Å²) in [5, 5.41) is 8.93. The first-order chi connectivity index (χ1) is 8.81. The number of aryl methyl sites for hydroxylation is 1. The summed E-state index contributed by atoms with van der Waals surface area (Å²) in [5.74, 6) is -1.82. The summed E-state index contributed by atoms with van der Waals surface area (Å²) in [5.41, 5.74) is -0.759. The second-order valence-electron chi connectivity index (χ2n) is 4.03. The first-order valence-electron chi connectivity index (χ1n) is 5.40. The second-order valence-corrected chi connectivity index (χ2v) is 4.03. The maximum Gasteiger partial charge on any atom is 0.416 e. The number of nitriles is 1. The molecule has 0 heterocycles. The molecule has 0 N–H and O–H groups in total. The number of halogens is 3. The van der Waals surface area contributed by atoms with Gasteiger partial charge in [0.25, 0.3) is 0 Å². The number of ketones is 1. The molecule has 19 heavy (non-hydrogen) atoms. The van der Waals surface area contributed by atoms with Crippen LogP contribution >= 0.6 is 0 Å². The molecule has 0 saturated carbocycles. The number of ether oxygens (including phenoxy) is 1. The summed E-state index contributed by atoms with van der Waals surface area (Å²) in [7, 11) is 1.28. The highest BCUT2D eigenvalue weighted by Crippen LogP contribution is 2.33. The Hall–Kier alpha value is -1.87. The first kappa shape index (κ1) is 15.2. The smallest absolute Gasteiger partial charge is 0.377 e. The third-order valence-electron chi connectivity index (χ3n) is 2.64. The van der Waals surface area contributed by atoms with Crippen molar-refractivity contribution >= 4 is 5.78 Å². The van der Waals surface area contributed by atoms with E-state index >= 15 is 0 Å². The molecule has 1 rings (SSSR count). The Labute approximate surface area is 108 Å². The Kier molecular flexibility index (Phi) is 4.67. The van der Waals surface area contributed by atoms with Crippen LogP contribution in [0, 0.1) is 18.3 Å². The highest BCUT2D eigenvalue weighted by molar-refractivity contribution is 5.89. The van der Waals surface area contributed by atoms with Crippen LogP contribution in [0.25, 0.3) is 0 Å². The van der Waals surface area contributed by atoms with Crippen LogP contribution in [0.4, 0.5) is 13.2 Å². The van der Waals surface area contributed by atoms with Gasteiger partial charge in [0.05, 0.1) is 11.6 Å². The summed E-state index contributed by atoms with van der Waals surface area (Å²) in [4.78, 5) is 11.6. The molecule has 1 unspecified atom stereocenters. The van der Waals surface area contributed by atoms with Crippen molar-refractivity contribution < 1.29 is 22.7 Å². The van der Waals surface area contributed by atoms with Gasteiger partial charge < -0.3 is 4.74 Å². The predicted octanol–water partition coefficient (Wildman–Crippen LogP) is 2.84. The van der Waals surface area contributed by atoms with Gasteiger partial charge in [0, 0.05) is 7.11 Å². The zero-order valence-electron chi connectivity index (χ0n) is 10.4. The lowest BCUT2D eigenvalue weighted by Gasteiger charge is -2.14. The number of hydrogen-bond acceptors (Lipinski definition) is 3. The molecule has 1 aromatic carbocycles. The van der Waals surface area contributed by atoms with Gasteiger partial charge >= 0.3 is 6.18 Å². The molecular formula is C13H12F3NO2. The molecule has 0 aliphatic heterocycles. The molecule has 0 amide bonds. The zero-order chi connectivity index (χ0) is 14.6. The molecule has 102 valence electrons. The molecule has 0 aliphatic rings. The van der Waals surface area contributed by atoms with Gasteiger partial charge in [0.15, 0.2) is 5.78 Å². The first-order valence-corrected chi connectivity index (χ1v) is 5.40. The zero-order valence-corrected chi connectivity index (χ0v) is 10.4. The van der Waals surface area contributed by atoms with Crippen molar-refractivity contribution in [1.29, 1.82) is 5.26 Å². The van der Waals surface area contributed by atoms with Gasteiger partial charge in [-0.15, -0.1) is 0 Å². The number of hydrogen-bond donors (Lipinski definition) is 0. The minimum Gasteiger partial charge on any atom is -0.377 e. The fraction of sp³-hybridized carbons (Fsp3) is 0.385. The fourth-order valence-corrected chi connectivity index (χ4v) is 1.68. The second kappa shape index (κ2) is 5.85. The van der Waals surface area contributed by atoms with Crippen LogP contribution in [-0.2, 0) is 15.7 Å². The number of benzene rings is 1. The Morgan fingerprint density at radius 1 is 1.47 bits per heavy atom. The summed E-state index contributed by atoms with van der Waals surface area (Å²) >= 11 is 0. The van der Waals surface area contributed by atoms with Gasteiger partial charge in [-0.3, -0.25) is 4.79 Å². The van der Waals surface area contributed by atoms with Crippen LogP contribution in [0.15, 0.2) is 18.2 Å². The van der Waals surface area contributed by atoms with Crippen molar-refractivity contribution in [2.45, 2.75) is 19.0 Å². The molecular weight excluding hydrogens is 259 g/mol. The molecule has 3 nitrogen and oxygen atoms in total. The molecule has 0 radical (unpaired) electrons. The molecule has 0 spiro atoms. The van der Waals surface area contributed by atoms with E-state index in [-0.39, 0.29) is 17.7 Å². The van der Waals surface area contributed by atoms with Crippen molar-refractivity contribution in [2.75, 3.05) is 13.7 Å². The van der Waals surface area contributed by atoms with E-state index < -0.39 is 23.4 Å². The molecule has 0 bridgehead atoms. The average molecular weight is 271 g/mol. The number of carbonyl (C=O) groups excluding carboxylic acids is 1. The lowest BCUT2D eigenvalue weighted by atomic mass is 9.93. The standard InChI is InChI=1S/C13H12F3NO2/c1-8-3-4-9(5-11(8)13(14,15)16)10(6-17)12(18)7-19-2/h3-5,10H,7H2,1-2H3. The number of Topliss-reactive ketones (excluding diaryl/α,β-unsaturated/α-hetero) is 1. The van der Waals surface area contributed by atoms with E-state index in [1.165, 1.54) is 26.2 Å². The summed E-state index contributed by atoms with van der Waals surface area (Å²) in [6.45, 7) is 1.01. The van der Waals surface area contributed by atoms with E-state index in [0.717, 1.165) is 6.07 Å². The lowest BCUT2D eigenvalue weighted by molar-refractivity contribution is -0.138. The van der Waals surface area contributed by atoms with Crippen LogP contribution in [0.3, 0.4) is 0 Å². The number of alkyl halides is 3. The van der Waals surface area contributed by atoms with E-state index in [9.17, 15) is 18.0 Å². The molecule has 1 aromatic rings. The average Bonchev–Trinajstić information content (AvgIpc) is 2.31. The molecule has 1 atom stereocenters. The Morgan fingerprint density at radius 3 is 2.58 bits per heavy atom. The maximum absolute atomic E-state index is 12.8. The van der Waals surface area contributed by atoms with Crippen LogP contribution in [0.2, 0.25) is 0 Å². The number of carbonyl (C=O) groups is 1. The predicted molar refractivity (Wildman–Crippen MR) is 61.4 cm³/mol. The highest BCUT2D eigenvalue weighted by atomic mass is 19.4. The number of nitrogens with zero attached hydrogens (tertiary/aromatic N) is 1. The minimum atomic E-state index is -4.51. The lowest BCUT2D eigenvalue weighted by Crippen LogP contribution is -2.17. The largest absolute Gasteiger partial charge is 0.416 e. The summed E-state index contributed by atoms with van der Waals surface area (Å²) in [6, 6.07) is 5.15. The Morgan fingerprint density at radius 2 is 2.11 bits per heavy atom. The van der Waals surface area contributed by atoms with Crippen molar-refractivity contribution in [3.8, 4) is 6.07 Å². The van der Waals surface area contributed by atoms with Crippen molar-refractivity contribution in [3.05, 3.63) is 34.9 Å². The van der Waals surface area contributed by atoms with Gasteiger partial charge in [-0.1, -0.05) is 12.1 Å². The van der Waals surface area contributed by atoms with E-state index in [2.05, 4.69) is 4.74 Å². The van der Waals surface area contributed by atoms with Crippen LogP contribution in [-0.4, -0.2) is 19.5 Å². The van der Waals surface area contributed by atoms with E-state index in [4.69, 9.17) is 5.26 Å². The fourth-order valence-electron chi connectivity index (χ4n) is 1.68. The van der Waals surface area contributed by atoms with E-state index in [0.29, 0.717) is 0 Å². The van der Waals surface area contributed by atoms with Gasteiger partial charge in [0.1, 0.15) is 12.5 Å². The molecule has 0 aromatic heterocycles.